The number of nitrogens with two attached hydrogens (primary N) is 1. The van der Waals surface area contributed by atoms with Crippen LogP contribution in [-0.2, 0) is 6.54 Å². The summed E-state index contributed by atoms with van der Waals surface area (Å²) in [5, 5.41) is 0. The van der Waals surface area contributed by atoms with Crippen LogP contribution in [0.4, 0.5) is 5.82 Å². The van der Waals surface area contributed by atoms with Crippen LogP contribution in [0.3, 0.4) is 0 Å². The molecule has 0 bridgehead atoms. The summed E-state index contributed by atoms with van der Waals surface area (Å²) in [6.45, 7) is 4.94. The Bertz CT molecular complexity index is 756. The molecule has 0 unspecified atom stereocenters. The largest absolute Gasteiger partial charge is 0.383 e. The fraction of sp³-hybridized carbons (Fsp3) is 0.231. The number of imidazole rings is 2. The number of hydrogen-bond acceptors (Lipinski definition) is 3. The molecule has 3 aromatic rings. The first-order chi connectivity index (χ1) is 9.11. The second-order valence-electron chi connectivity index (χ2n) is 4.44. The molecule has 6 heteroatoms. The zero-order chi connectivity index (χ0) is 13.6. The Balaban J connectivity index is 2.28. The van der Waals surface area contributed by atoms with Gasteiger partial charge in [-0.15, -0.1) is 0 Å². The molecule has 0 aliphatic rings. The van der Waals surface area contributed by atoms with Crippen LogP contribution in [0.15, 0.2) is 29.3 Å². The van der Waals surface area contributed by atoms with E-state index in [4.69, 9.17) is 5.73 Å². The zero-order valence-electron chi connectivity index (χ0n) is 10.8. The summed E-state index contributed by atoms with van der Waals surface area (Å²) in [5.74, 6) is 0.630. The van der Waals surface area contributed by atoms with Crippen molar-refractivity contribution in [3.63, 3.8) is 0 Å². The number of rotatable bonds is 2. The van der Waals surface area contributed by atoms with Gasteiger partial charge in [0.05, 0.1) is 18.2 Å². The second-order valence-corrected chi connectivity index (χ2v) is 5.30. The molecule has 0 fully saturated rings. The van der Waals surface area contributed by atoms with Crippen LogP contribution in [0, 0.1) is 6.92 Å². The van der Waals surface area contributed by atoms with E-state index in [1.165, 1.54) is 0 Å². The van der Waals surface area contributed by atoms with Gasteiger partial charge in [-0.2, -0.15) is 0 Å². The Morgan fingerprint density at radius 3 is 2.95 bits per heavy atom. The Morgan fingerprint density at radius 2 is 2.21 bits per heavy atom. The third kappa shape index (κ3) is 1.83. The maximum atomic E-state index is 6.21. The van der Waals surface area contributed by atoms with Gasteiger partial charge in [-0.25, -0.2) is 9.97 Å². The van der Waals surface area contributed by atoms with Gasteiger partial charge in [0.2, 0.25) is 0 Å². The first-order valence-electron chi connectivity index (χ1n) is 6.06. The van der Waals surface area contributed by atoms with E-state index in [9.17, 15) is 0 Å². The molecule has 0 saturated heterocycles. The average Bonchev–Trinajstić information content (AvgIpc) is 2.96. The average molecular weight is 320 g/mol. The predicted octanol–water partition coefficient (Wildman–Crippen LogP) is 2.87. The maximum absolute atomic E-state index is 6.21. The molecule has 3 heterocycles. The molecule has 0 spiro atoms. The quantitative estimate of drug-likeness (QED) is 0.790. The summed E-state index contributed by atoms with van der Waals surface area (Å²) in [6.07, 6.45) is 5.53. The molecule has 0 aromatic carbocycles. The molecular weight excluding hydrogens is 306 g/mol. The lowest BCUT2D eigenvalue weighted by Crippen LogP contribution is -1.98. The van der Waals surface area contributed by atoms with Gasteiger partial charge in [-0.05, 0) is 41.4 Å². The zero-order valence-corrected chi connectivity index (χ0v) is 12.3. The Labute approximate surface area is 119 Å². The van der Waals surface area contributed by atoms with E-state index in [1.807, 2.05) is 28.2 Å². The normalized spacial score (nSPS) is 11.3. The van der Waals surface area contributed by atoms with Crippen LogP contribution in [0.5, 0.6) is 0 Å². The van der Waals surface area contributed by atoms with Gasteiger partial charge in [-0.1, -0.05) is 0 Å². The highest BCUT2D eigenvalue weighted by Crippen LogP contribution is 2.28. The fourth-order valence-corrected chi connectivity index (χ4v) is 2.46. The Hall–Kier alpha value is -1.82. The maximum Gasteiger partial charge on any atom is 0.139 e. The van der Waals surface area contributed by atoms with Crippen molar-refractivity contribution in [2.24, 2.45) is 0 Å². The van der Waals surface area contributed by atoms with Crippen molar-refractivity contribution in [1.82, 2.24) is 18.9 Å². The monoisotopic (exact) mass is 319 g/mol. The number of aryl methyl sites for hydroxylation is 2. The van der Waals surface area contributed by atoms with E-state index in [1.54, 1.807) is 12.5 Å². The van der Waals surface area contributed by atoms with Crippen LogP contribution in [0.25, 0.3) is 17.0 Å². The SMILES string of the molecule is CCn1cncc1-c1nc2cc(C)c(Br)cn2c1N. The lowest BCUT2D eigenvalue weighted by molar-refractivity contribution is 0.767. The van der Waals surface area contributed by atoms with Crippen molar-refractivity contribution in [3.05, 3.63) is 34.8 Å². The molecule has 5 nitrogen and oxygen atoms in total. The van der Waals surface area contributed by atoms with Gasteiger partial charge in [0, 0.05) is 17.2 Å². The predicted molar refractivity (Wildman–Crippen MR) is 78.9 cm³/mol. The van der Waals surface area contributed by atoms with Gasteiger partial charge >= 0.3 is 0 Å². The fourth-order valence-electron chi connectivity index (χ4n) is 2.14. The molecule has 0 aliphatic heterocycles. The molecular formula is C13H14BrN5. The van der Waals surface area contributed by atoms with Crippen LogP contribution in [-0.4, -0.2) is 18.9 Å². The van der Waals surface area contributed by atoms with Gasteiger partial charge in [0.15, 0.2) is 0 Å². The third-order valence-corrected chi connectivity index (χ3v) is 4.07. The molecule has 0 radical (unpaired) electrons. The number of fused-ring (bicyclic) bond motifs is 1. The molecule has 0 aliphatic carbocycles. The molecule has 0 amide bonds. The summed E-state index contributed by atoms with van der Waals surface area (Å²) in [5.41, 5.74) is 9.91. The summed E-state index contributed by atoms with van der Waals surface area (Å²) in [7, 11) is 0. The molecule has 2 N–H and O–H groups in total. The number of pyridine rings is 1. The molecule has 0 saturated carbocycles. The van der Waals surface area contributed by atoms with Crippen molar-refractivity contribution < 1.29 is 0 Å². The van der Waals surface area contributed by atoms with Crippen molar-refractivity contribution in [2.75, 3.05) is 5.73 Å². The molecule has 3 aromatic heterocycles. The third-order valence-electron chi connectivity index (χ3n) is 3.24. The number of nitrogens with zero attached hydrogens (tertiary/aromatic N) is 4. The van der Waals surface area contributed by atoms with E-state index in [-0.39, 0.29) is 0 Å². The van der Waals surface area contributed by atoms with Crippen molar-refractivity contribution in [2.45, 2.75) is 20.4 Å². The molecule has 0 atom stereocenters. The Kier molecular flexibility index (Phi) is 2.82. The number of hydrogen-bond donors (Lipinski definition) is 1. The lowest BCUT2D eigenvalue weighted by atomic mass is 10.3. The summed E-state index contributed by atoms with van der Waals surface area (Å²) in [6, 6.07) is 2.01. The summed E-state index contributed by atoms with van der Waals surface area (Å²) < 4.78 is 4.93. The molecule has 98 valence electrons. The Morgan fingerprint density at radius 1 is 1.42 bits per heavy atom. The van der Waals surface area contributed by atoms with Crippen LogP contribution < -0.4 is 5.73 Å². The van der Waals surface area contributed by atoms with E-state index < -0.39 is 0 Å². The number of anilines is 1. The first-order valence-corrected chi connectivity index (χ1v) is 6.85. The summed E-state index contributed by atoms with van der Waals surface area (Å²) in [4.78, 5) is 8.79. The van der Waals surface area contributed by atoms with Crippen LogP contribution in [0.2, 0.25) is 0 Å². The molecule has 19 heavy (non-hydrogen) atoms. The highest BCUT2D eigenvalue weighted by Gasteiger charge is 2.15. The van der Waals surface area contributed by atoms with Gasteiger partial charge < -0.3 is 10.3 Å². The number of halogens is 1. The smallest absolute Gasteiger partial charge is 0.139 e. The lowest BCUT2D eigenvalue weighted by Gasteiger charge is -2.03. The van der Waals surface area contributed by atoms with Crippen molar-refractivity contribution in [1.29, 1.82) is 0 Å². The van der Waals surface area contributed by atoms with Gasteiger partial charge in [0.25, 0.3) is 0 Å². The highest BCUT2D eigenvalue weighted by atomic mass is 79.9. The topological polar surface area (TPSA) is 61.1 Å². The standard InChI is InChI=1S/C13H14BrN5/c1-3-18-7-16-5-10(18)12-13(15)19-6-9(14)8(2)4-11(19)17-12/h4-7H,3,15H2,1-2H3. The minimum atomic E-state index is 0.630. The molecule has 3 rings (SSSR count). The number of aromatic nitrogens is 4. The van der Waals surface area contributed by atoms with Gasteiger partial charge in [-0.3, -0.25) is 4.40 Å². The highest BCUT2D eigenvalue weighted by molar-refractivity contribution is 9.10. The van der Waals surface area contributed by atoms with E-state index >= 15 is 0 Å². The second kappa shape index (κ2) is 4.38. The van der Waals surface area contributed by atoms with E-state index in [2.05, 4.69) is 32.8 Å². The minimum Gasteiger partial charge on any atom is -0.383 e. The van der Waals surface area contributed by atoms with Crippen LogP contribution >= 0.6 is 15.9 Å². The van der Waals surface area contributed by atoms with Crippen molar-refractivity contribution >= 4 is 27.4 Å². The van der Waals surface area contributed by atoms with E-state index in [0.29, 0.717) is 5.82 Å². The number of nitrogen functional groups attached to an aromatic ring is 1. The summed E-state index contributed by atoms with van der Waals surface area (Å²) >= 11 is 3.51. The van der Waals surface area contributed by atoms with Crippen molar-refractivity contribution in [3.8, 4) is 11.4 Å². The van der Waals surface area contributed by atoms with E-state index in [0.717, 1.165) is 33.6 Å². The van der Waals surface area contributed by atoms with Gasteiger partial charge in [0.1, 0.15) is 17.2 Å². The van der Waals surface area contributed by atoms with Crippen LogP contribution in [0.1, 0.15) is 12.5 Å². The first kappa shape index (κ1) is 12.2. The minimum absolute atomic E-state index is 0.630.